The smallest absolute Gasteiger partial charge is 0.309 e. The number of aliphatic hydroxyl groups is 1. The van der Waals surface area contributed by atoms with E-state index in [1.54, 1.807) is 31.4 Å². The molecule has 156 valence electrons. The molecule has 2 aliphatic rings. The third-order valence-electron chi connectivity index (χ3n) is 4.88. The molecule has 28 heavy (non-hydrogen) atoms. The van der Waals surface area contributed by atoms with Gasteiger partial charge in [0.05, 0.1) is 25.0 Å². The van der Waals surface area contributed by atoms with Crippen LogP contribution in [-0.4, -0.2) is 61.8 Å². The van der Waals surface area contributed by atoms with Gasteiger partial charge in [0.2, 0.25) is 0 Å². The molecular weight excluding hydrogens is 364 g/mol. The summed E-state index contributed by atoms with van der Waals surface area (Å²) in [5.41, 5.74) is 0. The molecule has 2 rings (SSSR count). The van der Waals surface area contributed by atoms with Gasteiger partial charge in [-0.3, -0.25) is 9.59 Å². The summed E-state index contributed by atoms with van der Waals surface area (Å²) in [5.74, 6) is -0.808. The second kappa shape index (κ2) is 11.1. The van der Waals surface area contributed by atoms with E-state index in [1.807, 2.05) is 26.0 Å². The largest absolute Gasteiger partial charge is 0.463 e. The van der Waals surface area contributed by atoms with E-state index < -0.39 is 18.2 Å². The molecule has 2 bridgehead atoms. The topological polar surface area (TPSA) is 91.3 Å². The Morgan fingerprint density at radius 2 is 1.54 bits per heavy atom. The first-order valence-electron chi connectivity index (χ1n) is 9.60. The maximum Gasteiger partial charge on any atom is 0.309 e. The summed E-state index contributed by atoms with van der Waals surface area (Å²) in [6.07, 6.45) is 8.80. The molecule has 0 saturated heterocycles. The lowest BCUT2D eigenvalue weighted by Crippen LogP contribution is -2.40. The first-order valence-corrected chi connectivity index (χ1v) is 9.60. The van der Waals surface area contributed by atoms with Crippen LogP contribution in [-0.2, 0) is 28.5 Å². The molecule has 2 heterocycles. The molecule has 1 N–H and O–H groups in total. The van der Waals surface area contributed by atoms with Gasteiger partial charge in [0.15, 0.2) is 0 Å². The van der Waals surface area contributed by atoms with Crippen molar-refractivity contribution in [2.24, 2.45) is 11.8 Å². The molecule has 1 unspecified atom stereocenters. The number of fused-ring (bicyclic) bond motifs is 2. The number of methoxy groups -OCH3 is 1. The van der Waals surface area contributed by atoms with Gasteiger partial charge in [-0.15, -0.1) is 0 Å². The van der Waals surface area contributed by atoms with Crippen molar-refractivity contribution in [3.05, 3.63) is 36.5 Å². The molecule has 7 heteroatoms. The van der Waals surface area contributed by atoms with E-state index in [9.17, 15) is 14.7 Å². The van der Waals surface area contributed by atoms with Gasteiger partial charge in [0.25, 0.3) is 0 Å². The summed E-state index contributed by atoms with van der Waals surface area (Å²) >= 11 is 0. The minimum absolute atomic E-state index is 0.0201. The SMILES string of the molecule is COC1COC(=O)C/C=C/[C@@H](C)[C@@H]2C=C[C@@H](O)[C@@H](COC(=O)C/C=C/[C@H]1C)O2. The highest BCUT2D eigenvalue weighted by atomic mass is 16.6. The van der Waals surface area contributed by atoms with E-state index in [4.69, 9.17) is 18.9 Å². The Morgan fingerprint density at radius 1 is 0.929 bits per heavy atom. The number of carbonyl (C=O) groups excluding carboxylic acids is 2. The van der Waals surface area contributed by atoms with Crippen molar-refractivity contribution in [2.45, 2.75) is 51.1 Å². The van der Waals surface area contributed by atoms with Crippen LogP contribution in [0.25, 0.3) is 0 Å². The van der Waals surface area contributed by atoms with Gasteiger partial charge in [0.1, 0.15) is 25.4 Å². The summed E-state index contributed by atoms with van der Waals surface area (Å²) in [4.78, 5) is 23.9. The molecule has 0 aliphatic carbocycles. The van der Waals surface area contributed by atoms with Crippen LogP contribution < -0.4 is 0 Å². The number of hydrogen-bond acceptors (Lipinski definition) is 7. The van der Waals surface area contributed by atoms with Gasteiger partial charge < -0.3 is 24.1 Å². The highest BCUT2D eigenvalue weighted by molar-refractivity contribution is 5.71. The molecule has 0 saturated carbocycles. The maximum atomic E-state index is 12.0. The van der Waals surface area contributed by atoms with Crippen molar-refractivity contribution in [3.63, 3.8) is 0 Å². The van der Waals surface area contributed by atoms with Gasteiger partial charge in [-0.1, -0.05) is 50.3 Å². The predicted octanol–water partition coefficient (Wildman–Crippen LogP) is 1.95. The average Bonchev–Trinajstić information content (AvgIpc) is 2.67. The van der Waals surface area contributed by atoms with E-state index in [1.165, 1.54) is 0 Å². The van der Waals surface area contributed by atoms with Gasteiger partial charge in [0, 0.05) is 18.9 Å². The summed E-state index contributed by atoms with van der Waals surface area (Å²) in [7, 11) is 1.56. The van der Waals surface area contributed by atoms with Gasteiger partial charge in [-0.2, -0.15) is 0 Å². The van der Waals surface area contributed by atoms with Crippen molar-refractivity contribution >= 4 is 11.9 Å². The lowest BCUT2D eigenvalue weighted by molar-refractivity contribution is -0.153. The Hall–Kier alpha value is -1.96. The molecule has 0 aromatic heterocycles. The minimum atomic E-state index is -0.834. The van der Waals surface area contributed by atoms with Crippen LogP contribution in [0, 0.1) is 11.8 Å². The van der Waals surface area contributed by atoms with Crippen molar-refractivity contribution in [2.75, 3.05) is 20.3 Å². The van der Waals surface area contributed by atoms with Crippen molar-refractivity contribution in [1.82, 2.24) is 0 Å². The fourth-order valence-electron chi connectivity index (χ4n) is 3.01. The molecule has 0 fully saturated rings. The summed E-state index contributed by atoms with van der Waals surface area (Å²) in [6.45, 7) is 3.99. The molecule has 0 aromatic carbocycles. The Kier molecular flexibility index (Phi) is 8.89. The fourth-order valence-corrected chi connectivity index (χ4v) is 3.01. The molecule has 0 radical (unpaired) electrons. The van der Waals surface area contributed by atoms with Crippen molar-refractivity contribution < 1.29 is 33.6 Å². The third kappa shape index (κ3) is 6.89. The molecule has 7 nitrogen and oxygen atoms in total. The Balaban J connectivity index is 2.10. The number of hydrogen-bond donors (Lipinski definition) is 1. The van der Waals surface area contributed by atoms with E-state index in [2.05, 4.69) is 0 Å². The highest BCUT2D eigenvalue weighted by Crippen LogP contribution is 2.21. The Labute approximate surface area is 166 Å². The van der Waals surface area contributed by atoms with Crippen LogP contribution in [0.2, 0.25) is 0 Å². The van der Waals surface area contributed by atoms with E-state index >= 15 is 0 Å². The maximum absolute atomic E-state index is 12.0. The summed E-state index contributed by atoms with van der Waals surface area (Å²) < 4.78 is 21.8. The Morgan fingerprint density at radius 3 is 2.18 bits per heavy atom. The zero-order chi connectivity index (χ0) is 20.5. The molecule has 2 aliphatic heterocycles. The van der Waals surface area contributed by atoms with Crippen molar-refractivity contribution in [3.8, 4) is 0 Å². The molecule has 0 amide bonds. The van der Waals surface area contributed by atoms with Crippen LogP contribution in [0.15, 0.2) is 36.5 Å². The van der Waals surface area contributed by atoms with Crippen LogP contribution in [0.4, 0.5) is 0 Å². The first kappa shape index (κ1) is 22.3. The van der Waals surface area contributed by atoms with Crippen LogP contribution in [0.5, 0.6) is 0 Å². The normalized spacial score (nSPS) is 37.9. The molecule has 0 spiro atoms. The monoisotopic (exact) mass is 394 g/mol. The van der Waals surface area contributed by atoms with Gasteiger partial charge in [-0.25, -0.2) is 0 Å². The molecule has 6 atom stereocenters. The van der Waals surface area contributed by atoms with Crippen LogP contribution in [0.3, 0.4) is 0 Å². The second-order valence-corrected chi connectivity index (χ2v) is 7.14. The lowest BCUT2D eigenvalue weighted by Gasteiger charge is -2.31. The summed E-state index contributed by atoms with van der Waals surface area (Å²) in [6, 6.07) is 0. The number of esters is 2. The average molecular weight is 394 g/mol. The number of rotatable bonds is 1. The van der Waals surface area contributed by atoms with Crippen molar-refractivity contribution in [1.29, 1.82) is 0 Å². The first-order chi connectivity index (χ1) is 13.4. The molecular formula is C21H30O7. The Bertz CT molecular complexity index is 610. The van der Waals surface area contributed by atoms with Crippen LogP contribution in [0.1, 0.15) is 26.7 Å². The fraction of sp³-hybridized carbons (Fsp3) is 0.619. The number of aliphatic hydroxyl groups excluding tert-OH is 1. The predicted molar refractivity (Wildman–Crippen MR) is 102 cm³/mol. The highest BCUT2D eigenvalue weighted by Gasteiger charge is 2.29. The van der Waals surface area contributed by atoms with E-state index in [0.717, 1.165) is 0 Å². The van der Waals surface area contributed by atoms with Gasteiger partial charge >= 0.3 is 11.9 Å². The standard InChI is InChI=1S/C21H30O7/c1-14-6-4-8-20(23)26-12-18(25-3)15(2)7-5-9-21(24)27-13-19-16(22)10-11-17(14)28-19/h4-7,10-11,14-19,22H,8-9,12-13H2,1-3H3/b6-4+,7-5+/t14-,15-,16-,17+,18?,19-/m1/s1. The number of ether oxygens (including phenoxy) is 4. The quantitative estimate of drug-likeness (QED) is 0.537. The zero-order valence-electron chi connectivity index (χ0n) is 16.7. The van der Waals surface area contributed by atoms with Gasteiger partial charge in [-0.05, 0) is 0 Å². The van der Waals surface area contributed by atoms with E-state index in [-0.39, 0.29) is 56.1 Å². The van der Waals surface area contributed by atoms with E-state index in [0.29, 0.717) is 0 Å². The zero-order valence-corrected chi connectivity index (χ0v) is 16.7. The summed E-state index contributed by atoms with van der Waals surface area (Å²) in [5, 5.41) is 10.1. The minimum Gasteiger partial charge on any atom is -0.463 e. The molecule has 0 aromatic rings. The second-order valence-electron chi connectivity index (χ2n) is 7.14. The third-order valence-corrected chi connectivity index (χ3v) is 4.88. The number of cyclic esters (lactones) is 2. The lowest BCUT2D eigenvalue weighted by atomic mass is 9.99. The van der Waals surface area contributed by atoms with Crippen LogP contribution >= 0.6 is 0 Å². The number of carbonyl (C=O) groups is 2.